The van der Waals surface area contributed by atoms with Crippen molar-refractivity contribution in [1.29, 1.82) is 0 Å². The number of amides is 1. The summed E-state index contributed by atoms with van der Waals surface area (Å²) in [6.45, 7) is 4.63. The van der Waals surface area contributed by atoms with Crippen LogP contribution in [0.15, 0.2) is 54.6 Å². The Morgan fingerprint density at radius 3 is 2.33 bits per heavy atom. The maximum atomic E-state index is 13.7. The van der Waals surface area contributed by atoms with Crippen molar-refractivity contribution in [2.24, 2.45) is 0 Å². The number of benzene rings is 2. The van der Waals surface area contributed by atoms with Crippen LogP contribution in [0.4, 0.5) is 26.0 Å². The number of nitrogens with zero attached hydrogens (tertiary/aromatic N) is 3. The molecular weight excluding hydrogens is 350 g/mol. The first kappa shape index (κ1) is 18.4. The van der Waals surface area contributed by atoms with E-state index in [1.54, 1.807) is 6.07 Å². The number of rotatable bonds is 5. The summed E-state index contributed by atoms with van der Waals surface area (Å²) in [6, 6.07) is 14.4. The van der Waals surface area contributed by atoms with Gasteiger partial charge in [0.1, 0.15) is 17.3 Å². The van der Waals surface area contributed by atoms with Crippen LogP contribution in [-0.4, -0.2) is 22.6 Å². The molecule has 0 aliphatic heterocycles. The molecule has 27 heavy (non-hydrogen) atoms. The lowest BCUT2D eigenvalue weighted by molar-refractivity contribution is 0.102. The van der Waals surface area contributed by atoms with E-state index < -0.39 is 23.2 Å². The van der Waals surface area contributed by atoms with E-state index in [4.69, 9.17) is 0 Å². The number of anilines is 3. The number of carbonyl (C=O) groups excluding carboxylic acids is 1. The highest BCUT2D eigenvalue weighted by Crippen LogP contribution is 2.24. The average Bonchev–Trinajstić information content (AvgIpc) is 2.66. The van der Waals surface area contributed by atoms with Crippen molar-refractivity contribution >= 4 is 23.1 Å². The smallest absolute Gasteiger partial charge is 0.276 e. The van der Waals surface area contributed by atoms with Crippen LogP contribution in [0.2, 0.25) is 0 Å². The van der Waals surface area contributed by atoms with E-state index in [0.717, 1.165) is 23.4 Å². The van der Waals surface area contributed by atoms with Gasteiger partial charge in [0.05, 0.1) is 0 Å². The molecule has 3 aromatic rings. The molecule has 0 aliphatic carbocycles. The van der Waals surface area contributed by atoms with Crippen molar-refractivity contribution < 1.29 is 13.6 Å². The summed E-state index contributed by atoms with van der Waals surface area (Å²) in [5.41, 5.74) is 1.52. The third-order valence-electron chi connectivity index (χ3n) is 3.99. The highest BCUT2D eigenvalue weighted by atomic mass is 19.1. The molecule has 1 aromatic heterocycles. The van der Waals surface area contributed by atoms with Crippen molar-refractivity contribution in [3.8, 4) is 0 Å². The third-order valence-corrected chi connectivity index (χ3v) is 3.99. The highest BCUT2D eigenvalue weighted by molar-refractivity contribution is 6.03. The van der Waals surface area contributed by atoms with Gasteiger partial charge >= 0.3 is 0 Å². The second kappa shape index (κ2) is 7.90. The Kier molecular flexibility index (Phi) is 5.40. The lowest BCUT2D eigenvalue weighted by Gasteiger charge is -2.22. The monoisotopic (exact) mass is 368 g/mol. The maximum Gasteiger partial charge on any atom is 0.276 e. The highest BCUT2D eigenvalue weighted by Gasteiger charge is 2.16. The average molecular weight is 368 g/mol. The van der Waals surface area contributed by atoms with Crippen LogP contribution in [0.25, 0.3) is 0 Å². The lowest BCUT2D eigenvalue weighted by atomic mass is 10.2. The predicted octanol–water partition coefficient (Wildman–Crippen LogP) is 4.47. The number of halogens is 2. The standard InChI is InChI=1S/C20H18F2N4O/c1-3-26(14-7-4-6-13(2)12-14)18-11-10-17(24-25-18)20(27)23-19-15(21)8-5-9-16(19)22/h4-12H,3H2,1-2H3,(H,23,27). The molecule has 0 fully saturated rings. The van der Waals surface area contributed by atoms with E-state index in [1.165, 1.54) is 12.1 Å². The fourth-order valence-corrected chi connectivity index (χ4v) is 2.66. The second-order valence-electron chi connectivity index (χ2n) is 5.91. The molecule has 0 atom stereocenters. The summed E-state index contributed by atoms with van der Waals surface area (Å²) in [4.78, 5) is 14.2. The van der Waals surface area contributed by atoms with E-state index in [-0.39, 0.29) is 5.69 Å². The fraction of sp³-hybridized carbons (Fsp3) is 0.150. The maximum absolute atomic E-state index is 13.7. The Morgan fingerprint density at radius 1 is 1.04 bits per heavy atom. The van der Waals surface area contributed by atoms with E-state index in [0.29, 0.717) is 12.4 Å². The van der Waals surface area contributed by atoms with Crippen molar-refractivity contribution in [1.82, 2.24) is 10.2 Å². The lowest BCUT2D eigenvalue weighted by Crippen LogP contribution is -2.20. The molecule has 5 nitrogen and oxygen atoms in total. The molecule has 7 heteroatoms. The number of aromatic nitrogens is 2. The quantitative estimate of drug-likeness (QED) is 0.722. The summed E-state index contributed by atoms with van der Waals surface area (Å²) in [6.07, 6.45) is 0. The molecular formula is C20H18F2N4O. The molecule has 3 rings (SSSR count). The molecule has 0 aliphatic rings. The number of hydrogen-bond acceptors (Lipinski definition) is 4. The number of nitrogens with one attached hydrogen (secondary N) is 1. The molecule has 0 spiro atoms. The Labute approximate surface area is 155 Å². The van der Waals surface area contributed by atoms with Crippen LogP contribution in [0, 0.1) is 18.6 Å². The van der Waals surface area contributed by atoms with Gasteiger partial charge in [-0.05, 0) is 55.8 Å². The van der Waals surface area contributed by atoms with Crippen molar-refractivity contribution in [3.63, 3.8) is 0 Å². The summed E-state index contributed by atoms with van der Waals surface area (Å²) in [7, 11) is 0. The van der Waals surface area contributed by atoms with Crippen molar-refractivity contribution in [3.05, 3.63) is 77.5 Å². The van der Waals surface area contributed by atoms with Crippen LogP contribution in [0.5, 0.6) is 0 Å². The number of para-hydroxylation sites is 1. The molecule has 1 N–H and O–H groups in total. The van der Waals surface area contributed by atoms with Gasteiger partial charge in [-0.15, -0.1) is 10.2 Å². The Morgan fingerprint density at radius 2 is 1.74 bits per heavy atom. The van der Waals surface area contributed by atoms with E-state index in [1.807, 2.05) is 43.0 Å². The summed E-state index contributed by atoms with van der Waals surface area (Å²) >= 11 is 0. The van der Waals surface area contributed by atoms with Crippen molar-refractivity contribution in [2.75, 3.05) is 16.8 Å². The Bertz CT molecular complexity index is 940. The third kappa shape index (κ3) is 4.08. The predicted molar refractivity (Wildman–Crippen MR) is 100 cm³/mol. The van der Waals surface area contributed by atoms with Gasteiger partial charge in [0.2, 0.25) is 0 Å². The number of hydrogen-bond donors (Lipinski definition) is 1. The van der Waals surface area contributed by atoms with E-state index >= 15 is 0 Å². The molecule has 138 valence electrons. The van der Waals surface area contributed by atoms with Gasteiger partial charge in [0, 0.05) is 12.2 Å². The largest absolute Gasteiger partial charge is 0.325 e. The summed E-state index contributed by atoms with van der Waals surface area (Å²) in [5.74, 6) is -1.89. The number of aryl methyl sites for hydroxylation is 1. The zero-order valence-electron chi connectivity index (χ0n) is 14.9. The molecule has 1 amide bonds. The molecule has 0 saturated heterocycles. The van der Waals surface area contributed by atoms with Gasteiger partial charge in [0.25, 0.3) is 5.91 Å². The molecule has 0 bridgehead atoms. The van der Waals surface area contributed by atoms with Crippen LogP contribution < -0.4 is 10.2 Å². The first-order chi connectivity index (χ1) is 13.0. The zero-order valence-corrected chi connectivity index (χ0v) is 14.9. The van der Waals surface area contributed by atoms with Gasteiger partial charge in [-0.25, -0.2) is 8.78 Å². The fourth-order valence-electron chi connectivity index (χ4n) is 2.66. The summed E-state index contributed by atoms with van der Waals surface area (Å²) in [5, 5.41) is 10.2. The van der Waals surface area contributed by atoms with E-state index in [2.05, 4.69) is 15.5 Å². The van der Waals surface area contributed by atoms with Gasteiger partial charge in [-0.1, -0.05) is 18.2 Å². The first-order valence-electron chi connectivity index (χ1n) is 8.43. The second-order valence-corrected chi connectivity index (χ2v) is 5.91. The normalized spacial score (nSPS) is 10.5. The van der Waals surface area contributed by atoms with Crippen LogP contribution >= 0.6 is 0 Å². The minimum absolute atomic E-state index is 0.0401. The molecule has 0 unspecified atom stereocenters. The SMILES string of the molecule is CCN(c1cccc(C)c1)c1ccc(C(=O)Nc2c(F)cccc2F)nn1. The Balaban J connectivity index is 1.81. The molecule has 0 saturated carbocycles. The zero-order chi connectivity index (χ0) is 19.4. The topological polar surface area (TPSA) is 58.1 Å². The number of carbonyl (C=O) groups is 1. The van der Waals surface area contributed by atoms with E-state index in [9.17, 15) is 13.6 Å². The van der Waals surface area contributed by atoms with Crippen LogP contribution in [-0.2, 0) is 0 Å². The van der Waals surface area contributed by atoms with Gasteiger partial charge in [-0.2, -0.15) is 0 Å². The molecule has 2 aromatic carbocycles. The molecule has 1 heterocycles. The van der Waals surface area contributed by atoms with Crippen molar-refractivity contribution in [2.45, 2.75) is 13.8 Å². The Hall–Kier alpha value is -3.35. The van der Waals surface area contributed by atoms with Crippen LogP contribution in [0.1, 0.15) is 23.0 Å². The van der Waals surface area contributed by atoms with Crippen LogP contribution in [0.3, 0.4) is 0 Å². The first-order valence-corrected chi connectivity index (χ1v) is 8.43. The van der Waals surface area contributed by atoms with Gasteiger partial charge in [-0.3, -0.25) is 4.79 Å². The van der Waals surface area contributed by atoms with Gasteiger partial charge < -0.3 is 10.2 Å². The van der Waals surface area contributed by atoms with Gasteiger partial charge in [0.15, 0.2) is 11.5 Å². The summed E-state index contributed by atoms with van der Waals surface area (Å²) < 4.78 is 27.3. The minimum atomic E-state index is -0.857. The minimum Gasteiger partial charge on any atom is -0.325 e. The molecule has 0 radical (unpaired) electrons.